The quantitative estimate of drug-likeness (QED) is 0.778. The van der Waals surface area contributed by atoms with Gasteiger partial charge in [-0.05, 0) is 46.3 Å². The maximum Gasteiger partial charge on any atom is 0.256 e. The fourth-order valence-corrected chi connectivity index (χ4v) is 2.52. The Hall–Kier alpha value is -1.65. The second-order valence-electron chi connectivity index (χ2n) is 4.40. The first-order valence-electron chi connectivity index (χ1n) is 6.41. The highest BCUT2D eigenvalue weighted by Gasteiger charge is 2.15. The summed E-state index contributed by atoms with van der Waals surface area (Å²) < 4.78 is 0.694. The molecule has 0 spiro atoms. The summed E-state index contributed by atoms with van der Waals surface area (Å²) in [5.74, 6) is -0.352. The van der Waals surface area contributed by atoms with E-state index < -0.39 is 0 Å². The number of hydrogen-bond acceptors (Lipinski definition) is 2. The molecule has 0 saturated heterocycles. The molecule has 0 bridgehead atoms. The number of Topliss-reactive ketones (excluding diaryl/α,β-unsaturated/α-hetero) is 1. The number of hydrogen-bond donors (Lipinski definition) is 1. The summed E-state index contributed by atoms with van der Waals surface area (Å²) in [7, 11) is 0. The molecule has 0 aromatic heterocycles. The molecule has 0 saturated carbocycles. The Balaban J connectivity index is 2.34. The van der Waals surface area contributed by atoms with Crippen LogP contribution in [0.3, 0.4) is 0 Å². The Bertz CT molecular complexity index is 700. The third kappa shape index (κ3) is 3.71. The number of ketones is 1. The highest BCUT2D eigenvalue weighted by Crippen LogP contribution is 2.24. The van der Waals surface area contributed by atoms with E-state index in [9.17, 15) is 9.59 Å². The number of carbonyl (C=O) groups is 2. The van der Waals surface area contributed by atoms with E-state index in [0.717, 1.165) is 0 Å². The van der Waals surface area contributed by atoms with Crippen LogP contribution in [0, 0.1) is 0 Å². The first-order valence-corrected chi connectivity index (χ1v) is 7.58. The van der Waals surface area contributed by atoms with E-state index in [-0.39, 0.29) is 11.7 Å². The van der Waals surface area contributed by atoms with Crippen LogP contribution in [0.15, 0.2) is 46.9 Å². The molecule has 3 nitrogen and oxygen atoms in total. The summed E-state index contributed by atoms with van der Waals surface area (Å²) in [6.07, 6.45) is 0.345. The number of nitrogens with one attached hydrogen (secondary N) is 1. The van der Waals surface area contributed by atoms with E-state index in [1.165, 1.54) is 0 Å². The molecule has 1 N–H and O–H groups in total. The van der Waals surface area contributed by atoms with Crippen molar-refractivity contribution in [2.75, 3.05) is 5.32 Å². The van der Waals surface area contributed by atoms with Gasteiger partial charge in [0, 0.05) is 21.5 Å². The Morgan fingerprint density at radius 2 is 1.86 bits per heavy atom. The van der Waals surface area contributed by atoms with Crippen molar-refractivity contribution < 1.29 is 9.59 Å². The van der Waals surface area contributed by atoms with Crippen molar-refractivity contribution in [3.8, 4) is 0 Å². The zero-order chi connectivity index (χ0) is 15.4. The molecular formula is C16H13BrClNO2. The van der Waals surface area contributed by atoms with Crippen LogP contribution < -0.4 is 5.32 Å². The molecule has 0 fully saturated rings. The lowest BCUT2D eigenvalue weighted by atomic mass is 10.1. The molecule has 108 valence electrons. The topological polar surface area (TPSA) is 46.2 Å². The van der Waals surface area contributed by atoms with Gasteiger partial charge in [-0.25, -0.2) is 0 Å². The van der Waals surface area contributed by atoms with Crippen LogP contribution in [0.2, 0.25) is 5.02 Å². The Labute approximate surface area is 136 Å². The van der Waals surface area contributed by atoms with E-state index >= 15 is 0 Å². The minimum absolute atomic E-state index is 0.0695. The smallest absolute Gasteiger partial charge is 0.256 e. The number of carbonyl (C=O) groups excluding carboxylic acids is 2. The van der Waals surface area contributed by atoms with E-state index in [2.05, 4.69) is 21.2 Å². The summed E-state index contributed by atoms with van der Waals surface area (Å²) in [6.45, 7) is 1.77. The minimum Gasteiger partial charge on any atom is -0.321 e. The van der Waals surface area contributed by atoms with E-state index in [1.807, 2.05) is 6.07 Å². The van der Waals surface area contributed by atoms with Gasteiger partial charge in [-0.3, -0.25) is 9.59 Å². The summed E-state index contributed by atoms with van der Waals surface area (Å²) in [5.41, 5.74) is 1.39. The molecule has 0 aliphatic rings. The molecule has 0 aliphatic heterocycles. The molecule has 5 heteroatoms. The molecule has 0 radical (unpaired) electrons. The van der Waals surface area contributed by atoms with Crippen LogP contribution in [0.1, 0.15) is 34.1 Å². The fraction of sp³-hybridized carbons (Fsp3) is 0.125. The molecule has 2 rings (SSSR count). The average molecular weight is 367 g/mol. The predicted octanol–water partition coefficient (Wildman–Crippen LogP) is 4.95. The molecule has 2 aromatic carbocycles. The molecule has 21 heavy (non-hydrogen) atoms. The maximum absolute atomic E-state index is 12.3. The van der Waals surface area contributed by atoms with Crippen molar-refractivity contribution in [1.82, 2.24) is 0 Å². The SMILES string of the molecule is CCC(=O)c1cc(Cl)ccc1NC(=O)c1ccccc1Br. The second-order valence-corrected chi connectivity index (χ2v) is 5.69. The number of anilines is 1. The maximum atomic E-state index is 12.3. The van der Waals surface area contributed by atoms with E-state index in [0.29, 0.717) is 32.7 Å². The Morgan fingerprint density at radius 3 is 2.52 bits per heavy atom. The van der Waals surface area contributed by atoms with Gasteiger partial charge in [0.05, 0.1) is 11.3 Å². The van der Waals surface area contributed by atoms with E-state index in [4.69, 9.17) is 11.6 Å². The van der Waals surface area contributed by atoms with Crippen molar-refractivity contribution in [3.63, 3.8) is 0 Å². The largest absolute Gasteiger partial charge is 0.321 e. The summed E-state index contributed by atoms with van der Waals surface area (Å²) in [5, 5.41) is 3.23. The first kappa shape index (κ1) is 15.7. The molecule has 0 aliphatic carbocycles. The van der Waals surface area contributed by atoms with Crippen LogP contribution in [0.25, 0.3) is 0 Å². The Kier molecular flexibility index (Phi) is 5.15. The predicted molar refractivity (Wildman–Crippen MR) is 88.2 cm³/mol. The van der Waals surface area contributed by atoms with Gasteiger partial charge in [-0.1, -0.05) is 30.7 Å². The van der Waals surface area contributed by atoms with Gasteiger partial charge < -0.3 is 5.32 Å². The van der Waals surface area contributed by atoms with Crippen molar-refractivity contribution in [3.05, 3.63) is 63.1 Å². The van der Waals surface area contributed by atoms with Gasteiger partial charge in [0.15, 0.2) is 5.78 Å². The summed E-state index contributed by atoms with van der Waals surface area (Å²) >= 11 is 9.26. The normalized spacial score (nSPS) is 10.2. The van der Waals surface area contributed by atoms with Gasteiger partial charge >= 0.3 is 0 Å². The molecule has 1 amide bonds. The third-order valence-corrected chi connectivity index (χ3v) is 3.90. The molecule has 0 heterocycles. The van der Waals surface area contributed by atoms with Gasteiger partial charge in [-0.2, -0.15) is 0 Å². The summed E-state index contributed by atoms with van der Waals surface area (Å²) in [6, 6.07) is 12.0. The van der Waals surface area contributed by atoms with Crippen LogP contribution in [-0.2, 0) is 0 Å². The first-order chi connectivity index (χ1) is 10.0. The lowest BCUT2D eigenvalue weighted by Gasteiger charge is -2.11. The van der Waals surface area contributed by atoms with Crippen molar-refractivity contribution in [1.29, 1.82) is 0 Å². The lowest BCUT2D eigenvalue weighted by Crippen LogP contribution is -2.15. The van der Waals surface area contributed by atoms with Gasteiger partial charge in [0.25, 0.3) is 5.91 Å². The van der Waals surface area contributed by atoms with Crippen LogP contribution in [0.5, 0.6) is 0 Å². The highest BCUT2D eigenvalue weighted by molar-refractivity contribution is 9.10. The van der Waals surface area contributed by atoms with Gasteiger partial charge in [0.1, 0.15) is 0 Å². The Morgan fingerprint density at radius 1 is 1.14 bits per heavy atom. The minimum atomic E-state index is -0.282. The van der Waals surface area contributed by atoms with Crippen LogP contribution in [-0.4, -0.2) is 11.7 Å². The summed E-state index contributed by atoms with van der Waals surface area (Å²) in [4.78, 5) is 24.2. The van der Waals surface area contributed by atoms with E-state index in [1.54, 1.807) is 43.3 Å². The number of rotatable bonds is 4. The van der Waals surface area contributed by atoms with Crippen molar-refractivity contribution >= 4 is 44.9 Å². The zero-order valence-corrected chi connectivity index (χ0v) is 13.7. The van der Waals surface area contributed by atoms with Gasteiger partial charge in [0.2, 0.25) is 0 Å². The fourth-order valence-electron chi connectivity index (χ4n) is 1.88. The number of halogens is 2. The monoisotopic (exact) mass is 365 g/mol. The van der Waals surface area contributed by atoms with Crippen LogP contribution >= 0.6 is 27.5 Å². The average Bonchev–Trinajstić information content (AvgIpc) is 2.48. The molecule has 2 aromatic rings. The standard InChI is InChI=1S/C16H13BrClNO2/c1-2-15(20)12-9-10(18)7-8-14(12)19-16(21)11-5-3-4-6-13(11)17/h3-9H,2H2,1H3,(H,19,21). The number of benzene rings is 2. The molecule has 0 atom stereocenters. The number of amides is 1. The highest BCUT2D eigenvalue weighted by atomic mass is 79.9. The van der Waals surface area contributed by atoms with Crippen LogP contribution in [0.4, 0.5) is 5.69 Å². The molecular weight excluding hydrogens is 354 g/mol. The lowest BCUT2D eigenvalue weighted by molar-refractivity contribution is 0.0989. The second kappa shape index (κ2) is 6.87. The van der Waals surface area contributed by atoms with Crippen molar-refractivity contribution in [2.45, 2.75) is 13.3 Å². The van der Waals surface area contributed by atoms with Crippen molar-refractivity contribution in [2.24, 2.45) is 0 Å². The third-order valence-electron chi connectivity index (χ3n) is 2.97. The zero-order valence-electron chi connectivity index (χ0n) is 11.3. The molecule has 0 unspecified atom stereocenters. The van der Waals surface area contributed by atoms with Gasteiger partial charge in [-0.15, -0.1) is 0 Å².